The zero-order valence-electron chi connectivity index (χ0n) is 15.2. The molecule has 0 aromatic heterocycles. The second-order valence-corrected chi connectivity index (χ2v) is 7.42. The number of nitrogens with one attached hydrogen (secondary N) is 2. The van der Waals surface area contributed by atoms with E-state index in [9.17, 15) is 14.7 Å². The van der Waals surface area contributed by atoms with Crippen molar-refractivity contribution in [3.63, 3.8) is 0 Å². The molecule has 1 aliphatic carbocycles. The van der Waals surface area contributed by atoms with Gasteiger partial charge in [-0.2, -0.15) is 0 Å². The van der Waals surface area contributed by atoms with Gasteiger partial charge in [0.2, 0.25) is 5.91 Å². The molecule has 0 spiro atoms. The Balaban J connectivity index is 1.45. The van der Waals surface area contributed by atoms with Crippen LogP contribution in [0.5, 0.6) is 0 Å². The molecular formula is C20H29N3O3. The SMILES string of the molecule is O=C(Nc1ccc(CC(=O)N2CCC(O)CC2)cc1)NC1CCCCC1. The normalized spacial score (nSPS) is 19.2. The lowest BCUT2D eigenvalue weighted by Gasteiger charge is -2.29. The standard InChI is InChI=1S/C20H29N3O3/c24-18-10-12-23(13-11-18)19(25)14-15-6-8-17(9-7-15)22-20(26)21-16-4-2-1-3-5-16/h6-9,16,18,24H,1-5,10-14H2,(H2,21,22,26). The van der Waals surface area contributed by atoms with Gasteiger partial charge in [0.25, 0.3) is 0 Å². The molecule has 1 saturated heterocycles. The Morgan fingerprint density at radius 1 is 1.00 bits per heavy atom. The van der Waals surface area contributed by atoms with Crippen LogP contribution in [0.1, 0.15) is 50.5 Å². The van der Waals surface area contributed by atoms with Crippen LogP contribution in [0.2, 0.25) is 0 Å². The number of anilines is 1. The van der Waals surface area contributed by atoms with E-state index in [2.05, 4.69) is 10.6 Å². The summed E-state index contributed by atoms with van der Waals surface area (Å²) in [5, 5.41) is 15.4. The summed E-state index contributed by atoms with van der Waals surface area (Å²) in [5.41, 5.74) is 1.66. The van der Waals surface area contributed by atoms with Crippen molar-refractivity contribution in [3.8, 4) is 0 Å². The van der Waals surface area contributed by atoms with E-state index < -0.39 is 0 Å². The number of nitrogens with zero attached hydrogens (tertiary/aromatic N) is 1. The number of hydrogen-bond donors (Lipinski definition) is 3. The smallest absolute Gasteiger partial charge is 0.319 e. The number of carbonyl (C=O) groups is 2. The second kappa shape index (κ2) is 9.03. The molecule has 2 aliphatic rings. The van der Waals surface area contributed by atoms with Crippen molar-refractivity contribution in [2.45, 2.75) is 63.5 Å². The van der Waals surface area contributed by atoms with Crippen LogP contribution < -0.4 is 10.6 Å². The first-order valence-electron chi connectivity index (χ1n) is 9.72. The maximum Gasteiger partial charge on any atom is 0.319 e. The Bertz CT molecular complexity index is 603. The van der Waals surface area contributed by atoms with Crippen LogP contribution in [0.15, 0.2) is 24.3 Å². The van der Waals surface area contributed by atoms with E-state index in [-0.39, 0.29) is 24.1 Å². The van der Waals surface area contributed by atoms with Gasteiger partial charge in [0.05, 0.1) is 12.5 Å². The molecule has 26 heavy (non-hydrogen) atoms. The van der Waals surface area contributed by atoms with Crippen molar-refractivity contribution >= 4 is 17.6 Å². The molecule has 2 fully saturated rings. The van der Waals surface area contributed by atoms with Crippen molar-refractivity contribution in [2.24, 2.45) is 0 Å². The van der Waals surface area contributed by atoms with E-state index >= 15 is 0 Å². The molecule has 0 bridgehead atoms. The van der Waals surface area contributed by atoms with Gasteiger partial charge >= 0.3 is 6.03 Å². The summed E-state index contributed by atoms with van der Waals surface area (Å²) >= 11 is 0. The van der Waals surface area contributed by atoms with Crippen molar-refractivity contribution < 1.29 is 14.7 Å². The maximum absolute atomic E-state index is 12.3. The third kappa shape index (κ3) is 5.46. The number of carbonyl (C=O) groups excluding carboxylic acids is 2. The van der Waals surface area contributed by atoms with Crippen molar-refractivity contribution in [1.29, 1.82) is 0 Å². The fourth-order valence-electron chi connectivity index (χ4n) is 3.71. The van der Waals surface area contributed by atoms with E-state index in [1.165, 1.54) is 19.3 Å². The molecule has 3 amide bonds. The number of aliphatic hydroxyl groups is 1. The second-order valence-electron chi connectivity index (χ2n) is 7.42. The van der Waals surface area contributed by atoms with Gasteiger partial charge in [-0.1, -0.05) is 31.4 Å². The van der Waals surface area contributed by atoms with Crippen LogP contribution in [0.25, 0.3) is 0 Å². The summed E-state index contributed by atoms with van der Waals surface area (Å²) in [6.45, 7) is 1.25. The Kier molecular flexibility index (Phi) is 6.50. The minimum atomic E-state index is -0.274. The minimum absolute atomic E-state index is 0.0904. The molecule has 1 saturated carbocycles. The third-order valence-corrected chi connectivity index (χ3v) is 5.32. The number of piperidine rings is 1. The number of aliphatic hydroxyl groups excluding tert-OH is 1. The van der Waals surface area contributed by atoms with Crippen molar-refractivity contribution in [1.82, 2.24) is 10.2 Å². The highest BCUT2D eigenvalue weighted by Crippen LogP contribution is 2.18. The lowest BCUT2D eigenvalue weighted by Crippen LogP contribution is -2.40. The predicted molar refractivity (Wildman–Crippen MR) is 101 cm³/mol. The highest BCUT2D eigenvalue weighted by molar-refractivity contribution is 5.89. The van der Waals surface area contributed by atoms with Crippen LogP contribution in [-0.2, 0) is 11.2 Å². The van der Waals surface area contributed by atoms with Gasteiger partial charge in [-0.05, 0) is 43.4 Å². The Labute approximate surface area is 155 Å². The predicted octanol–water partition coefficient (Wildman–Crippen LogP) is 2.67. The molecule has 142 valence electrons. The molecule has 1 aromatic rings. The van der Waals surface area contributed by atoms with Crippen LogP contribution in [0.4, 0.5) is 10.5 Å². The van der Waals surface area contributed by atoms with E-state index in [4.69, 9.17) is 0 Å². The van der Waals surface area contributed by atoms with Gasteiger partial charge in [-0.15, -0.1) is 0 Å². The lowest BCUT2D eigenvalue weighted by atomic mass is 9.96. The average Bonchev–Trinajstić information content (AvgIpc) is 2.64. The average molecular weight is 359 g/mol. The monoisotopic (exact) mass is 359 g/mol. The molecule has 1 aromatic carbocycles. The molecule has 3 rings (SSSR count). The summed E-state index contributed by atoms with van der Waals surface area (Å²) in [7, 11) is 0. The molecule has 3 N–H and O–H groups in total. The first-order chi connectivity index (χ1) is 12.6. The van der Waals surface area contributed by atoms with Gasteiger partial charge < -0.3 is 20.6 Å². The molecule has 1 heterocycles. The summed E-state index contributed by atoms with van der Waals surface area (Å²) in [4.78, 5) is 26.2. The minimum Gasteiger partial charge on any atom is -0.393 e. The highest BCUT2D eigenvalue weighted by atomic mass is 16.3. The van der Waals surface area contributed by atoms with Gasteiger partial charge in [-0.25, -0.2) is 4.79 Å². The third-order valence-electron chi connectivity index (χ3n) is 5.32. The quantitative estimate of drug-likeness (QED) is 0.773. The van der Waals surface area contributed by atoms with Crippen LogP contribution in [0, 0.1) is 0 Å². The first-order valence-corrected chi connectivity index (χ1v) is 9.72. The number of hydrogen-bond acceptors (Lipinski definition) is 3. The van der Waals surface area contributed by atoms with Crippen molar-refractivity contribution in [2.75, 3.05) is 18.4 Å². The summed E-state index contributed by atoms with van der Waals surface area (Å²) in [5.74, 6) is 0.0904. The largest absolute Gasteiger partial charge is 0.393 e. The van der Waals surface area contributed by atoms with Gasteiger partial charge in [0, 0.05) is 24.8 Å². The summed E-state index contributed by atoms with van der Waals surface area (Å²) in [6.07, 6.45) is 7.14. The van der Waals surface area contributed by atoms with Gasteiger partial charge in [0.1, 0.15) is 0 Å². The zero-order chi connectivity index (χ0) is 18.4. The molecule has 1 aliphatic heterocycles. The van der Waals surface area contributed by atoms with E-state index in [0.29, 0.717) is 32.4 Å². The maximum atomic E-state index is 12.3. The van der Waals surface area contributed by atoms with E-state index in [1.807, 2.05) is 29.2 Å². The Morgan fingerprint density at radius 2 is 1.65 bits per heavy atom. The Hall–Kier alpha value is -2.08. The molecular weight excluding hydrogens is 330 g/mol. The van der Waals surface area contributed by atoms with Gasteiger partial charge in [0.15, 0.2) is 0 Å². The van der Waals surface area contributed by atoms with E-state index in [0.717, 1.165) is 24.1 Å². The van der Waals surface area contributed by atoms with Crippen LogP contribution in [0.3, 0.4) is 0 Å². The lowest BCUT2D eigenvalue weighted by molar-refractivity contribution is -0.132. The van der Waals surface area contributed by atoms with Gasteiger partial charge in [-0.3, -0.25) is 4.79 Å². The molecule has 0 atom stereocenters. The zero-order valence-corrected chi connectivity index (χ0v) is 15.2. The number of likely N-dealkylation sites (tertiary alicyclic amines) is 1. The number of rotatable bonds is 4. The molecule has 6 nitrogen and oxygen atoms in total. The highest BCUT2D eigenvalue weighted by Gasteiger charge is 2.21. The van der Waals surface area contributed by atoms with Crippen LogP contribution >= 0.6 is 0 Å². The number of urea groups is 1. The molecule has 0 radical (unpaired) electrons. The fourth-order valence-corrected chi connectivity index (χ4v) is 3.71. The Morgan fingerprint density at radius 3 is 2.31 bits per heavy atom. The number of benzene rings is 1. The number of amides is 3. The molecule has 6 heteroatoms. The fraction of sp³-hybridized carbons (Fsp3) is 0.600. The van der Waals surface area contributed by atoms with E-state index in [1.54, 1.807) is 0 Å². The van der Waals surface area contributed by atoms with Crippen molar-refractivity contribution in [3.05, 3.63) is 29.8 Å². The summed E-state index contributed by atoms with van der Waals surface area (Å²) < 4.78 is 0. The first kappa shape index (κ1) is 18.7. The summed E-state index contributed by atoms with van der Waals surface area (Å²) in [6, 6.07) is 7.56. The molecule has 0 unspecified atom stereocenters. The van der Waals surface area contributed by atoms with Crippen LogP contribution in [-0.4, -0.2) is 47.2 Å². The topological polar surface area (TPSA) is 81.7 Å².